The fourth-order valence-corrected chi connectivity index (χ4v) is 5.58. The van der Waals surface area contributed by atoms with E-state index >= 15 is 0 Å². The molecule has 0 bridgehead atoms. The second-order valence-corrected chi connectivity index (χ2v) is 9.93. The Morgan fingerprint density at radius 2 is 1.68 bits per heavy atom. The van der Waals surface area contributed by atoms with Crippen LogP contribution in [0.5, 0.6) is 17.2 Å². The van der Waals surface area contributed by atoms with Crippen LogP contribution < -0.4 is 19.3 Å². The van der Waals surface area contributed by atoms with E-state index in [0.717, 1.165) is 64.2 Å². The first kappa shape index (κ1) is 24.3. The first-order chi connectivity index (χ1) is 18.6. The maximum Gasteiger partial charge on any atom is 0.150 e. The van der Waals surface area contributed by atoms with Crippen LogP contribution in [0.1, 0.15) is 46.9 Å². The van der Waals surface area contributed by atoms with Crippen molar-refractivity contribution in [1.29, 1.82) is 0 Å². The van der Waals surface area contributed by atoms with Crippen LogP contribution in [-0.4, -0.2) is 44.2 Å². The lowest BCUT2D eigenvalue weighted by atomic mass is 9.85. The summed E-state index contributed by atoms with van der Waals surface area (Å²) in [5, 5.41) is 13.7. The largest absolute Gasteiger partial charge is 0.545 e. The third-order valence-electron chi connectivity index (χ3n) is 7.59. The van der Waals surface area contributed by atoms with Crippen molar-refractivity contribution in [3.63, 3.8) is 0 Å². The highest BCUT2D eigenvalue weighted by Gasteiger charge is 2.30. The molecule has 4 aromatic rings. The molecule has 0 N–H and O–H groups in total. The van der Waals surface area contributed by atoms with Gasteiger partial charge in [0.1, 0.15) is 23.9 Å². The van der Waals surface area contributed by atoms with E-state index in [1.54, 1.807) is 25.3 Å². The van der Waals surface area contributed by atoms with E-state index in [1.807, 2.05) is 36.4 Å². The average Bonchev–Trinajstić information content (AvgIpc) is 2.96. The third kappa shape index (κ3) is 4.68. The van der Waals surface area contributed by atoms with Crippen LogP contribution in [0.3, 0.4) is 0 Å². The number of hydrogen-bond acceptors (Lipinski definition) is 6. The molecule has 6 nitrogen and oxygen atoms in total. The topological polar surface area (TPSA) is 71.1 Å². The highest BCUT2D eigenvalue weighted by atomic mass is 16.5. The van der Waals surface area contributed by atoms with Crippen molar-refractivity contribution in [1.82, 2.24) is 4.90 Å². The Hall–Kier alpha value is -4.03. The number of nitrogens with zero attached hydrogens (tertiary/aromatic N) is 1. The summed E-state index contributed by atoms with van der Waals surface area (Å²) in [6, 6.07) is 23.1. The molecule has 194 valence electrons. The maximum atomic E-state index is 11.5. The number of hydrogen-bond donors (Lipinski definition) is 0. The SMILES string of the molecule is COc1ccc2c3c(ccc2c1)-c1ccc(C(=O)[O-])cc1OC3c1ccc(OCCN2CCCCC2)cc1. The number of methoxy groups -OCH3 is 1. The summed E-state index contributed by atoms with van der Waals surface area (Å²) in [5.41, 5.74) is 3.96. The van der Waals surface area contributed by atoms with Gasteiger partial charge in [0.25, 0.3) is 0 Å². The zero-order chi connectivity index (χ0) is 26.1. The minimum atomic E-state index is -1.23. The van der Waals surface area contributed by atoms with Crippen molar-refractivity contribution in [2.75, 3.05) is 33.4 Å². The van der Waals surface area contributed by atoms with Gasteiger partial charge in [0.15, 0.2) is 6.10 Å². The van der Waals surface area contributed by atoms with Gasteiger partial charge in [-0.2, -0.15) is 0 Å². The van der Waals surface area contributed by atoms with Gasteiger partial charge in [-0.15, -0.1) is 0 Å². The quantitative estimate of drug-likeness (QED) is 0.341. The fourth-order valence-electron chi connectivity index (χ4n) is 5.58. The van der Waals surface area contributed by atoms with Crippen molar-refractivity contribution in [2.45, 2.75) is 25.4 Å². The van der Waals surface area contributed by atoms with Gasteiger partial charge in [0.2, 0.25) is 0 Å². The number of carbonyl (C=O) groups excluding carboxylic acids is 1. The third-order valence-corrected chi connectivity index (χ3v) is 7.59. The Morgan fingerprint density at radius 3 is 2.45 bits per heavy atom. The van der Waals surface area contributed by atoms with Gasteiger partial charge in [-0.25, -0.2) is 0 Å². The highest BCUT2D eigenvalue weighted by molar-refractivity contribution is 5.96. The lowest BCUT2D eigenvalue weighted by Gasteiger charge is -2.31. The van der Waals surface area contributed by atoms with Crippen LogP contribution in [-0.2, 0) is 0 Å². The molecule has 0 amide bonds. The number of fused-ring (bicyclic) bond motifs is 5. The molecule has 2 heterocycles. The molecule has 1 saturated heterocycles. The van der Waals surface area contributed by atoms with Crippen molar-refractivity contribution in [2.24, 2.45) is 0 Å². The zero-order valence-electron chi connectivity index (χ0n) is 21.4. The molecular weight excluding hydrogens is 478 g/mol. The summed E-state index contributed by atoms with van der Waals surface area (Å²) >= 11 is 0. The first-order valence-electron chi connectivity index (χ1n) is 13.2. The van der Waals surface area contributed by atoms with Crippen LogP contribution in [0.15, 0.2) is 72.8 Å². The van der Waals surface area contributed by atoms with E-state index in [0.29, 0.717) is 12.4 Å². The Balaban J connectivity index is 1.34. The lowest BCUT2D eigenvalue weighted by Crippen LogP contribution is -2.33. The summed E-state index contributed by atoms with van der Waals surface area (Å²) in [6.07, 6.45) is 3.45. The number of carboxylic acids is 1. The molecule has 1 atom stereocenters. The van der Waals surface area contributed by atoms with Crippen molar-refractivity contribution in [3.05, 3.63) is 89.5 Å². The summed E-state index contributed by atoms with van der Waals surface area (Å²) in [4.78, 5) is 14.0. The summed E-state index contributed by atoms with van der Waals surface area (Å²) in [5.74, 6) is 0.911. The molecule has 1 fully saturated rings. The first-order valence-corrected chi connectivity index (χ1v) is 13.2. The standard InChI is InChI=1S/C32H31NO5/c1-36-25-11-14-26-22(19-25)7-13-28-27-12-8-23(32(34)35)20-29(27)38-31(30(26)28)21-5-9-24(10-6-21)37-18-17-33-15-3-2-4-16-33/h5-14,19-20,31H,2-4,15-18H2,1H3,(H,34,35)/p-1. The van der Waals surface area contributed by atoms with E-state index in [-0.39, 0.29) is 5.56 Å². The number of carbonyl (C=O) groups is 1. The predicted molar refractivity (Wildman–Crippen MR) is 145 cm³/mol. The molecule has 2 aliphatic heterocycles. The van der Waals surface area contributed by atoms with Gasteiger partial charge in [0, 0.05) is 23.2 Å². The molecule has 2 aliphatic rings. The number of rotatable bonds is 7. The highest BCUT2D eigenvalue weighted by Crippen LogP contribution is 2.48. The van der Waals surface area contributed by atoms with Gasteiger partial charge in [-0.1, -0.05) is 42.8 Å². The van der Waals surface area contributed by atoms with Crippen LogP contribution >= 0.6 is 0 Å². The molecule has 0 aliphatic carbocycles. The Bertz CT molecular complexity index is 1470. The van der Waals surface area contributed by atoms with E-state index in [9.17, 15) is 9.90 Å². The normalized spacial score (nSPS) is 16.8. The Labute approximate surface area is 222 Å². The maximum absolute atomic E-state index is 11.5. The number of ether oxygens (including phenoxy) is 3. The average molecular weight is 509 g/mol. The second kappa shape index (κ2) is 10.4. The monoisotopic (exact) mass is 508 g/mol. The van der Waals surface area contributed by atoms with Crippen LogP contribution in [0.25, 0.3) is 21.9 Å². The van der Waals surface area contributed by atoms with Crippen LogP contribution in [0.4, 0.5) is 0 Å². The zero-order valence-corrected chi connectivity index (χ0v) is 21.4. The molecule has 1 unspecified atom stereocenters. The summed E-state index contributed by atoms with van der Waals surface area (Å²) < 4.78 is 18.0. The Morgan fingerprint density at radius 1 is 0.921 bits per heavy atom. The van der Waals surface area contributed by atoms with E-state index < -0.39 is 12.1 Å². The lowest BCUT2D eigenvalue weighted by molar-refractivity contribution is -0.255. The summed E-state index contributed by atoms with van der Waals surface area (Å²) in [7, 11) is 1.66. The predicted octanol–water partition coefficient (Wildman–Crippen LogP) is 5.23. The van der Waals surface area contributed by atoms with Gasteiger partial charge in [-0.3, -0.25) is 4.90 Å². The van der Waals surface area contributed by atoms with Gasteiger partial charge in [0.05, 0.1) is 13.1 Å². The Kier molecular flexibility index (Phi) is 6.64. The molecule has 0 aromatic heterocycles. The van der Waals surface area contributed by atoms with Crippen molar-refractivity contribution < 1.29 is 24.1 Å². The van der Waals surface area contributed by atoms with E-state index in [2.05, 4.69) is 23.1 Å². The second-order valence-electron chi connectivity index (χ2n) is 9.93. The van der Waals surface area contributed by atoms with Gasteiger partial charge >= 0.3 is 0 Å². The van der Waals surface area contributed by atoms with Gasteiger partial charge in [-0.05, 0) is 84.2 Å². The number of piperidine rings is 1. The number of carboxylic acid groups (broad SMARTS) is 1. The molecular formula is C32H30NO5-. The minimum Gasteiger partial charge on any atom is -0.545 e. The number of benzene rings is 4. The van der Waals surface area contributed by atoms with Crippen LogP contribution in [0.2, 0.25) is 0 Å². The van der Waals surface area contributed by atoms with Crippen molar-refractivity contribution >= 4 is 16.7 Å². The molecule has 0 spiro atoms. The molecule has 38 heavy (non-hydrogen) atoms. The van der Waals surface area contributed by atoms with E-state index in [1.165, 1.54) is 19.3 Å². The molecule has 6 heteroatoms. The molecule has 6 rings (SSSR count). The van der Waals surface area contributed by atoms with Crippen LogP contribution in [0, 0.1) is 0 Å². The summed E-state index contributed by atoms with van der Waals surface area (Å²) in [6.45, 7) is 3.91. The molecule has 4 aromatic carbocycles. The van der Waals surface area contributed by atoms with Gasteiger partial charge < -0.3 is 24.1 Å². The fraction of sp³-hybridized carbons (Fsp3) is 0.281. The number of likely N-dealkylation sites (tertiary alicyclic amines) is 1. The minimum absolute atomic E-state index is 0.0916. The number of aromatic carboxylic acids is 1. The van der Waals surface area contributed by atoms with E-state index in [4.69, 9.17) is 14.2 Å². The smallest absolute Gasteiger partial charge is 0.150 e. The molecule has 0 radical (unpaired) electrons. The molecule has 0 saturated carbocycles. The van der Waals surface area contributed by atoms with Crippen molar-refractivity contribution in [3.8, 4) is 28.4 Å².